The number of aliphatic hydroxyl groups is 1. The van der Waals surface area contributed by atoms with E-state index >= 15 is 0 Å². The summed E-state index contributed by atoms with van der Waals surface area (Å²) in [5, 5.41) is 8.55. The van der Waals surface area contributed by atoms with Crippen LogP contribution in [0, 0.1) is 11.8 Å². The predicted octanol–water partition coefficient (Wildman–Crippen LogP) is 1.40. The number of hydrogen-bond acceptors (Lipinski definition) is 3. The second-order valence-electron chi connectivity index (χ2n) is 2.85. The third-order valence-electron chi connectivity index (χ3n) is 1.67. The maximum atomic E-state index is 8.55. The highest BCUT2D eigenvalue weighted by Crippen LogP contribution is 2.11. The average molecular weight is 206 g/mol. The molecule has 0 fully saturated rings. The number of methoxy groups -OCH3 is 1. The van der Waals surface area contributed by atoms with Gasteiger partial charge in [-0.05, 0) is 24.3 Å². The lowest BCUT2D eigenvalue weighted by molar-refractivity contribution is 0.0511. The Kier molecular flexibility index (Phi) is 5.31. The van der Waals surface area contributed by atoms with Crippen molar-refractivity contribution in [3.63, 3.8) is 0 Å². The van der Waals surface area contributed by atoms with Gasteiger partial charge in [0.1, 0.15) is 5.75 Å². The zero-order chi connectivity index (χ0) is 10.9. The third kappa shape index (κ3) is 4.50. The minimum absolute atomic E-state index is 0.0992. The third-order valence-corrected chi connectivity index (χ3v) is 1.67. The molecule has 1 aromatic rings. The quantitative estimate of drug-likeness (QED) is 0.598. The summed E-state index contributed by atoms with van der Waals surface area (Å²) in [6.07, 6.45) is 0.502. The Balaban J connectivity index is 2.53. The second kappa shape index (κ2) is 6.88. The van der Waals surface area contributed by atoms with Gasteiger partial charge in [0.15, 0.2) is 6.79 Å². The van der Waals surface area contributed by atoms with Gasteiger partial charge in [0, 0.05) is 19.1 Å². The molecule has 0 heterocycles. The van der Waals surface area contributed by atoms with E-state index < -0.39 is 0 Å². The van der Waals surface area contributed by atoms with Crippen molar-refractivity contribution in [2.75, 3.05) is 20.5 Å². The van der Waals surface area contributed by atoms with Crippen LogP contribution in [0.5, 0.6) is 5.75 Å². The smallest absolute Gasteiger partial charge is 0.188 e. The summed E-state index contributed by atoms with van der Waals surface area (Å²) < 4.78 is 10.0. The van der Waals surface area contributed by atoms with Crippen LogP contribution in [0.25, 0.3) is 0 Å². The lowest BCUT2D eigenvalue weighted by atomic mass is 10.2. The number of rotatable bonds is 4. The lowest BCUT2D eigenvalue weighted by Crippen LogP contribution is -1.98. The molecule has 80 valence electrons. The standard InChI is InChI=1S/C12H14O3/c1-14-10-15-12-7-5-11(6-8-12)4-2-3-9-13/h5-8,13H,3,9-10H2,1H3. The monoisotopic (exact) mass is 206 g/mol. The summed E-state index contributed by atoms with van der Waals surface area (Å²) in [4.78, 5) is 0. The van der Waals surface area contributed by atoms with E-state index in [0.29, 0.717) is 6.42 Å². The number of ether oxygens (including phenoxy) is 2. The van der Waals surface area contributed by atoms with Crippen molar-refractivity contribution < 1.29 is 14.6 Å². The van der Waals surface area contributed by atoms with Crippen LogP contribution in [0.3, 0.4) is 0 Å². The molecule has 0 aliphatic carbocycles. The van der Waals surface area contributed by atoms with Crippen molar-refractivity contribution >= 4 is 0 Å². The SMILES string of the molecule is COCOc1ccc(C#CCCO)cc1. The molecule has 0 aliphatic heterocycles. The molecule has 0 saturated heterocycles. The van der Waals surface area contributed by atoms with E-state index in [-0.39, 0.29) is 13.4 Å². The summed E-state index contributed by atoms with van der Waals surface area (Å²) in [6, 6.07) is 7.41. The van der Waals surface area contributed by atoms with Crippen LogP contribution in [0.2, 0.25) is 0 Å². The molecule has 0 radical (unpaired) electrons. The van der Waals surface area contributed by atoms with Crippen LogP contribution in [-0.4, -0.2) is 25.6 Å². The molecule has 0 saturated carbocycles. The molecule has 0 aliphatic rings. The maximum absolute atomic E-state index is 8.55. The van der Waals surface area contributed by atoms with Gasteiger partial charge in [-0.25, -0.2) is 0 Å². The minimum atomic E-state index is 0.0992. The van der Waals surface area contributed by atoms with Gasteiger partial charge >= 0.3 is 0 Å². The topological polar surface area (TPSA) is 38.7 Å². The first-order valence-electron chi connectivity index (χ1n) is 4.68. The molecule has 3 heteroatoms. The summed E-state index contributed by atoms with van der Waals surface area (Å²) >= 11 is 0. The molecule has 0 atom stereocenters. The first-order chi connectivity index (χ1) is 7.36. The zero-order valence-electron chi connectivity index (χ0n) is 8.69. The minimum Gasteiger partial charge on any atom is -0.468 e. The molecule has 0 amide bonds. The van der Waals surface area contributed by atoms with E-state index in [1.165, 1.54) is 0 Å². The zero-order valence-corrected chi connectivity index (χ0v) is 8.69. The molecule has 1 aromatic carbocycles. The fourth-order valence-corrected chi connectivity index (χ4v) is 0.982. The Morgan fingerprint density at radius 2 is 2.00 bits per heavy atom. The highest BCUT2D eigenvalue weighted by atomic mass is 16.7. The highest BCUT2D eigenvalue weighted by molar-refractivity contribution is 5.38. The summed E-state index contributed by atoms with van der Waals surface area (Å²) in [7, 11) is 1.58. The molecule has 3 nitrogen and oxygen atoms in total. The number of aliphatic hydroxyl groups excluding tert-OH is 1. The van der Waals surface area contributed by atoms with Crippen molar-refractivity contribution in [3.05, 3.63) is 29.8 Å². The molecule has 1 rings (SSSR count). The van der Waals surface area contributed by atoms with Crippen LogP contribution < -0.4 is 4.74 Å². The van der Waals surface area contributed by atoms with Crippen molar-refractivity contribution in [2.45, 2.75) is 6.42 Å². The average Bonchev–Trinajstić information content (AvgIpc) is 2.28. The van der Waals surface area contributed by atoms with E-state index in [9.17, 15) is 0 Å². The molecule has 1 N–H and O–H groups in total. The van der Waals surface area contributed by atoms with Crippen LogP contribution in [0.1, 0.15) is 12.0 Å². The van der Waals surface area contributed by atoms with Gasteiger partial charge in [-0.1, -0.05) is 11.8 Å². The fraction of sp³-hybridized carbons (Fsp3) is 0.333. The molecule has 0 aromatic heterocycles. The summed E-state index contributed by atoms with van der Waals surface area (Å²) in [5.74, 6) is 6.53. The lowest BCUT2D eigenvalue weighted by Gasteiger charge is -2.03. The van der Waals surface area contributed by atoms with Crippen LogP contribution in [0.15, 0.2) is 24.3 Å². The van der Waals surface area contributed by atoms with E-state index in [1.54, 1.807) is 7.11 Å². The molecule has 0 unspecified atom stereocenters. The Labute approximate surface area is 89.6 Å². The first kappa shape index (κ1) is 11.6. The van der Waals surface area contributed by atoms with Crippen molar-refractivity contribution in [1.29, 1.82) is 0 Å². The van der Waals surface area contributed by atoms with Gasteiger partial charge in [0.2, 0.25) is 0 Å². The van der Waals surface area contributed by atoms with Gasteiger partial charge in [-0.15, -0.1) is 0 Å². The largest absolute Gasteiger partial charge is 0.468 e. The number of hydrogen-bond donors (Lipinski definition) is 1. The Bertz CT molecular complexity index is 332. The maximum Gasteiger partial charge on any atom is 0.188 e. The van der Waals surface area contributed by atoms with E-state index in [1.807, 2.05) is 24.3 Å². The van der Waals surface area contributed by atoms with E-state index in [2.05, 4.69) is 11.8 Å². The second-order valence-corrected chi connectivity index (χ2v) is 2.85. The van der Waals surface area contributed by atoms with Crippen LogP contribution in [-0.2, 0) is 4.74 Å². The van der Waals surface area contributed by atoms with Gasteiger partial charge in [-0.3, -0.25) is 0 Å². The van der Waals surface area contributed by atoms with Gasteiger partial charge in [0.05, 0.1) is 6.61 Å². The fourth-order valence-electron chi connectivity index (χ4n) is 0.982. The van der Waals surface area contributed by atoms with E-state index in [0.717, 1.165) is 11.3 Å². The van der Waals surface area contributed by atoms with Gasteiger partial charge < -0.3 is 14.6 Å². The van der Waals surface area contributed by atoms with E-state index in [4.69, 9.17) is 14.6 Å². The molecular formula is C12H14O3. The Morgan fingerprint density at radius 1 is 1.27 bits per heavy atom. The summed E-state index contributed by atoms with van der Waals surface area (Å²) in [5.41, 5.74) is 0.910. The van der Waals surface area contributed by atoms with Gasteiger partial charge in [-0.2, -0.15) is 0 Å². The Hall–Kier alpha value is -1.50. The normalized spacial score (nSPS) is 9.20. The van der Waals surface area contributed by atoms with Crippen LogP contribution in [0.4, 0.5) is 0 Å². The molecular weight excluding hydrogens is 192 g/mol. The highest BCUT2D eigenvalue weighted by Gasteiger charge is 1.91. The molecule has 15 heavy (non-hydrogen) atoms. The first-order valence-corrected chi connectivity index (χ1v) is 4.68. The molecule has 0 spiro atoms. The predicted molar refractivity (Wildman–Crippen MR) is 57.5 cm³/mol. The van der Waals surface area contributed by atoms with Gasteiger partial charge in [0.25, 0.3) is 0 Å². The van der Waals surface area contributed by atoms with Crippen molar-refractivity contribution in [1.82, 2.24) is 0 Å². The number of benzene rings is 1. The van der Waals surface area contributed by atoms with Crippen molar-refractivity contribution in [3.8, 4) is 17.6 Å². The Morgan fingerprint density at radius 3 is 2.60 bits per heavy atom. The van der Waals surface area contributed by atoms with Crippen LogP contribution >= 0.6 is 0 Å². The van der Waals surface area contributed by atoms with Crippen molar-refractivity contribution in [2.24, 2.45) is 0 Å². The molecule has 0 bridgehead atoms. The summed E-state index contributed by atoms with van der Waals surface area (Å²) in [6.45, 7) is 0.345.